The Bertz CT molecular complexity index is 926. The third kappa shape index (κ3) is 8.61. The van der Waals surface area contributed by atoms with Crippen LogP contribution in [0.4, 0.5) is 34.7 Å². The molecule has 1 heterocycles. The lowest BCUT2D eigenvalue weighted by Crippen LogP contribution is -2.57. The van der Waals surface area contributed by atoms with E-state index < -0.39 is 49.6 Å². The summed E-state index contributed by atoms with van der Waals surface area (Å²) >= 11 is 5.89. The van der Waals surface area contributed by atoms with Gasteiger partial charge in [0.05, 0.1) is 23.7 Å². The van der Waals surface area contributed by atoms with Crippen LogP contribution >= 0.6 is 21.8 Å². The maximum Gasteiger partial charge on any atom is 0.411 e. The summed E-state index contributed by atoms with van der Waals surface area (Å²) in [5, 5.41) is 1.98. The van der Waals surface area contributed by atoms with Crippen LogP contribution in [0.5, 0.6) is 5.75 Å². The van der Waals surface area contributed by atoms with E-state index in [2.05, 4.69) is 0 Å². The standard InChI is InChI=1S/C19H26ClF5N2O5S/c1-18(2,3)32-17(29)27-9-12(10-27)31-15-7-6-13(33(21,22,23,24)25)8-14(15)26-16(28)30-11-19(4,5)20/h6-8,12H,9-11H2,1-5H3,(H,26,28). The van der Waals surface area contributed by atoms with Crippen LogP contribution < -0.4 is 10.1 Å². The Labute approximate surface area is 193 Å². The van der Waals surface area contributed by atoms with Gasteiger partial charge < -0.3 is 19.1 Å². The van der Waals surface area contributed by atoms with Gasteiger partial charge in [0, 0.05) is 0 Å². The first-order valence-electron chi connectivity index (χ1n) is 9.68. The summed E-state index contributed by atoms with van der Waals surface area (Å²) in [6, 6.07) is 0.915. The van der Waals surface area contributed by atoms with E-state index in [1.54, 1.807) is 20.8 Å². The fraction of sp³-hybridized carbons (Fsp3) is 0.579. The van der Waals surface area contributed by atoms with Gasteiger partial charge in [-0.25, -0.2) is 9.59 Å². The van der Waals surface area contributed by atoms with Crippen molar-refractivity contribution in [2.75, 3.05) is 25.0 Å². The van der Waals surface area contributed by atoms with Crippen molar-refractivity contribution < 1.29 is 43.2 Å². The van der Waals surface area contributed by atoms with Gasteiger partial charge in [-0.1, -0.05) is 19.4 Å². The number of alkyl halides is 1. The fourth-order valence-electron chi connectivity index (χ4n) is 2.50. The molecule has 0 bridgehead atoms. The van der Waals surface area contributed by atoms with Crippen molar-refractivity contribution in [3.63, 3.8) is 0 Å². The van der Waals surface area contributed by atoms with Gasteiger partial charge in [0.25, 0.3) is 0 Å². The largest absolute Gasteiger partial charge is 0.485 e. The van der Waals surface area contributed by atoms with Gasteiger partial charge in [-0.2, -0.15) is 0 Å². The number of rotatable bonds is 6. The molecule has 7 nitrogen and oxygen atoms in total. The van der Waals surface area contributed by atoms with Crippen LogP contribution in [0.25, 0.3) is 0 Å². The number of halogens is 6. The summed E-state index contributed by atoms with van der Waals surface area (Å²) in [5.41, 5.74) is -1.40. The molecule has 1 N–H and O–H groups in total. The van der Waals surface area contributed by atoms with E-state index in [1.165, 1.54) is 18.7 Å². The van der Waals surface area contributed by atoms with E-state index in [0.717, 1.165) is 0 Å². The summed E-state index contributed by atoms with van der Waals surface area (Å²) in [4.78, 5) is 22.1. The number of likely N-dealkylation sites (tertiary alicyclic amines) is 1. The van der Waals surface area contributed by atoms with Crippen molar-refractivity contribution >= 4 is 39.7 Å². The molecule has 0 unspecified atom stereocenters. The van der Waals surface area contributed by atoms with Crippen LogP contribution in [-0.4, -0.2) is 53.4 Å². The predicted octanol–water partition coefficient (Wildman–Crippen LogP) is 6.91. The fourth-order valence-corrected chi connectivity index (χ4v) is 3.22. The predicted molar refractivity (Wildman–Crippen MR) is 115 cm³/mol. The summed E-state index contributed by atoms with van der Waals surface area (Å²) in [5.74, 6) is -0.309. The van der Waals surface area contributed by atoms with E-state index >= 15 is 0 Å². The minimum absolute atomic E-state index is 0.0442. The Morgan fingerprint density at radius 3 is 2.18 bits per heavy atom. The molecule has 2 amide bonds. The topological polar surface area (TPSA) is 77.1 Å². The van der Waals surface area contributed by atoms with E-state index in [-0.39, 0.29) is 37.6 Å². The number of nitrogens with zero attached hydrogens (tertiary/aromatic N) is 1. The van der Waals surface area contributed by atoms with Gasteiger partial charge in [-0.05, 0) is 52.8 Å². The molecule has 0 saturated carbocycles. The second-order valence-corrected chi connectivity index (χ2v) is 12.6. The Balaban J connectivity index is 2.19. The van der Waals surface area contributed by atoms with Crippen LogP contribution in [0.2, 0.25) is 0 Å². The van der Waals surface area contributed by atoms with E-state index in [9.17, 15) is 29.0 Å². The molecule has 1 saturated heterocycles. The highest BCUT2D eigenvalue weighted by atomic mass is 35.5. The monoisotopic (exact) mass is 524 g/mol. The Hall–Kier alpha value is -2.15. The minimum atomic E-state index is -10.0. The van der Waals surface area contributed by atoms with Crippen LogP contribution in [-0.2, 0) is 9.47 Å². The third-order valence-corrected chi connectivity index (χ3v) is 5.23. The van der Waals surface area contributed by atoms with Crippen molar-refractivity contribution in [1.82, 2.24) is 4.90 Å². The quantitative estimate of drug-likeness (QED) is 0.323. The summed E-state index contributed by atoms with van der Waals surface area (Å²) in [7, 11) is -10.0. The molecule has 0 aromatic heterocycles. The Morgan fingerprint density at radius 2 is 1.70 bits per heavy atom. The van der Waals surface area contributed by atoms with Gasteiger partial charge in [0.15, 0.2) is 0 Å². The zero-order valence-electron chi connectivity index (χ0n) is 18.6. The molecule has 14 heteroatoms. The number of ether oxygens (including phenoxy) is 3. The number of benzene rings is 1. The minimum Gasteiger partial charge on any atom is -0.485 e. The highest BCUT2D eigenvalue weighted by Gasteiger charge is 2.65. The first kappa shape index (κ1) is 27.1. The van der Waals surface area contributed by atoms with E-state index in [0.29, 0.717) is 6.07 Å². The first-order valence-corrected chi connectivity index (χ1v) is 12.0. The molecule has 0 spiro atoms. The van der Waals surface area contributed by atoms with Gasteiger partial charge in [-0.15, -0.1) is 11.6 Å². The number of amides is 2. The number of carbonyl (C=O) groups is 2. The van der Waals surface area contributed by atoms with Crippen LogP contribution in [0.15, 0.2) is 23.1 Å². The maximum atomic E-state index is 13.3. The van der Waals surface area contributed by atoms with Crippen molar-refractivity contribution in [3.05, 3.63) is 18.2 Å². The number of anilines is 1. The first-order chi connectivity index (χ1) is 14.5. The van der Waals surface area contributed by atoms with Crippen LogP contribution in [0.1, 0.15) is 34.6 Å². The lowest BCUT2D eigenvalue weighted by molar-refractivity contribution is -0.0219. The highest BCUT2D eigenvalue weighted by molar-refractivity contribution is 8.45. The second kappa shape index (κ2) is 7.97. The molecule has 0 aliphatic carbocycles. The van der Waals surface area contributed by atoms with Crippen molar-refractivity contribution in [2.45, 2.75) is 56.1 Å². The molecule has 1 aromatic carbocycles. The summed E-state index contributed by atoms with van der Waals surface area (Å²) in [6.45, 7) is 7.89. The van der Waals surface area contributed by atoms with Crippen molar-refractivity contribution in [2.24, 2.45) is 0 Å². The summed E-state index contributed by atoms with van der Waals surface area (Å²) < 4.78 is 81.8. The number of carbonyl (C=O) groups excluding carboxylic acids is 2. The maximum absolute atomic E-state index is 13.3. The molecule has 2 rings (SSSR count). The molecule has 1 aromatic rings. The van der Waals surface area contributed by atoms with E-state index in [4.69, 9.17) is 25.8 Å². The molecule has 1 aliphatic heterocycles. The lowest BCUT2D eigenvalue weighted by Gasteiger charge is -2.41. The zero-order chi connectivity index (χ0) is 25.5. The van der Waals surface area contributed by atoms with Gasteiger partial charge in [-0.3, -0.25) is 5.32 Å². The Morgan fingerprint density at radius 1 is 1.12 bits per heavy atom. The zero-order valence-corrected chi connectivity index (χ0v) is 20.2. The molecule has 0 radical (unpaired) electrons. The number of hydrogen-bond acceptors (Lipinski definition) is 5. The van der Waals surface area contributed by atoms with Crippen molar-refractivity contribution in [3.8, 4) is 5.75 Å². The number of hydrogen-bond donors (Lipinski definition) is 1. The SMILES string of the molecule is CC(C)(Cl)COC(=O)Nc1cc(S(F)(F)(F)(F)F)ccc1OC1CN(C(=O)OC(C)(C)C)C1. The molecule has 33 heavy (non-hydrogen) atoms. The van der Waals surface area contributed by atoms with Gasteiger partial charge in [0.1, 0.15) is 29.0 Å². The molecule has 1 fully saturated rings. The molecule has 190 valence electrons. The third-order valence-electron chi connectivity index (χ3n) is 3.97. The second-order valence-electron chi connectivity index (χ2n) is 9.17. The average molecular weight is 525 g/mol. The highest BCUT2D eigenvalue weighted by Crippen LogP contribution is 3.02. The molecule has 1 aliphatic rings. The van der Waals surface area contributed by atoms with Gasteiger partial charge >= 0.3 is 22.4 Å². The number of nitrogens with one attached hydrogen (secondary N) is 1. The van der Waals surface area contributed by atoms with Gasteiger partial charge in [0.2, 0.25) is 0 Å². The molecular formula is C19H26ClF5N2O5S. The lowest BCUT2D eigenvalue weighted by atomic mass is 10.1. The van der Waals surface area contributed by atoms with Crippen LogP contribution in [0, 0.1) is 0 Å². The normalized spacial score (nSPS) is 17.4. The average Bonchev–Trinajstić information content (AvgIpc) is 2.52. The van der Waals surface area contributed by atoms with Crippen LogP contribution in [0.3, 0.4) is 0 Å². The summed E-state index contributed by atoms with van der Waals surface area (Å²) in [6.07, 6.45) is -2.48. The van der Waals surface area contributed by atoms with Crippen molar-refractivity contribution in [1.29, 1.82) is 0 Å². The van der Waals surface area contributed by atoms with E-state index in [1.807, 2.05) is 5.32 Å². The smallest absolute Gasteiger partial charge is 0.411 e. The molecular weight excluding hydrogens is 499 g/mol. The molecule has 0 atom stereocenters. The Kier molecular flexibility index (Phi) is 6.54.